The van der Waals surface area contributed by atoms with E-state index in [1.807, 2.05) is 0 Å². The molecule has 0 saturated carbocycles. The van der Waals surface area contributed by atoms with Gasteiger partial charge in [0.05, 0.1) is 5.57 Å². The molecule has 0 aromatic carbocycles. The van der Waals surface area contributed by atoms with Crippen molar-refractivity contribution in [1.29, 1.82) is 0 Å². The van der Waals surface area contributed by atoms with Crippen LogP contribution in [0.2, 0.25) is 0 Å². The van der Waals surface area contributed by atoms with E-state index in [9.17, 15) is 22.8 Å². The van der Waals surface area contributed by atoms with Gasteiger partial charge in [0.1, 0.15) is 24.0 Å². The van der Waals surface area contributed by atoms with E-state index in [-0.39, 0.29) is 23.2 Å². The van der Waals surface area contributed by atoms with E-state index in [1.54, 1.807) is 0 Å². The summed E-state index contributed by atoms with van der Waals surface area (Å²) in [6, 6.07) is 1.84. The van der Waals surface area contributed by atoms with Crippen molar-refractivity contribution >= 4 is 24.0 Å². The fourth-order valence-corrected chi connectivity index (χ4v) is 2.21. The number of halogens is 3. The fraction of sp³-hybridized carbons (Fsp3) is 0.0625. The van der Waals surface area contributed by atoms with Crippen LogP contribution < -0.4 is 5.73 Å². The first-order valence-electron chi connectivity index (χ1n) is 7.51. The molecule has 0 unspecified atom stereocenters. The molecule has 0 atom stereocenters. The maximum Gasteiger partial charge on any atom is 0.433 e. The number of nitrogens with two attached hydrogens (primary N) is 1. The van der Waals surface area contributed by atoms with Gasteiger partial charge in [-0.05, 0) is 12.1 Å². The molecule has 0 radical (unpaired) electrons. The molecule has 2 N–H and O–H groups in total. The van der Waals surface area contributed by atoms with Gasteiger partial charge in [0.25, 0.3) is 5.91 Å². The zero-order valence-electron chi connectivity index (χ0n) is 13.8. The topological polar surface area (TPSA) is 130 Å². The van der Waals surface area contributed by atoms with Crippen LogP contribution in [0.3, 0.4) is 0 Å². The molecule has 0 fully saturated rings. The van der Waals surface area contributed by atoms with Crippen molar-refractivity contribution in [1.82, 2.24) is 29.7 Å². The van der Waals surface area contributed by atoms with Gasteiger partial charge in [0.15, 0.2) is 12.1 Å². The summed E-state index contributed by atoms with van der Waals surface area (Å²) in [6.07, 6.45) is 1.81. The second-order valence-corrected chi connectivity index (χ2v) is 5.36. The lowest BCUT2D eigenvalue weighted by atomic mass is 10.1. The number of carbonyl (C=O) groups excluding carboxylic acids is 2. The lowest BCUT2D eigenvalue weighted by Crippen LogP contribution is -2.14. The van der Waals surface area contributed by atoms with E-state index < -0.39 is 23.5 Å². The quantitative estimate of drug-likeness (QED) is 0.516. The Morgan fingerprint density at radius 1 is 1.18 bits per heavy atom. The number of pyridine rings is 1. The third kappa shape index (κ3) is 4.06. The molecule has 0 bridgehead atoms. The Labute approximate surface area is 154 Å². The summed E-state index contributed by atoms with van der Waals surface area (Å²) < 4.78 is 40.0. The Morgan fingerprint density at radius 2 is 1.89 bits per heavy atom. The molecule has 3 aromatic heterocycles. The molecule has 3 rings (SSSR count). The predicted octanol–water partition coefficient (Wildman–Crippen LogP) is 1.44. The number of aldehydes is 1. The zero-order valence-corrected chi connectivity index (χ0v) is 13.8. The van der Waals surface area contributed by atoms with Gasteiger partial charge in [-0.3, -0.25) is 9.59 Å². The second kappa shape index (κ2) is 7.34. The number of amides is 1. The van der Waals surface area contributed by atoms with Gasteiger partial charge in [0.2, 0.25) is 0 Å². The Bertz CT molecular complexity index is 1060. The van der Waals surface area contributed by atoms with Crippen LogP contribution in [-0.2, 0) is 11.0 Å². The van der Waals surface area contributed by atoms with Crippen LogP contribution in [-0.4, -0.2) is 41.9 Å². The van der Waals surface area contributed by atoms with Gasteiger partial charge in [0, 0.05) is 29.7 Å². The molecule has 9 nitrogen and oxygen atoms in total. The number of nitrogens with zero attached hydrogens (tertiary/aromatic N) is 6. The SMILES string of the molecule is NC(=O)/C(=C/n1cnc(-c2cc(C=O)nc(C(F)(F)F)c2)n1)c1cncnc1. The number of hydrogen-bond donors (Lipinski definition) is 1. The Kier molecular flexibility index (Phi) is 4.94. The van der Waals surface area contributed by atoms with Crippen LogP contribution in [0.1, 0.15) is 21.7 Å². The van der Waals surface area contributed by atoms with E-state index in [0.29, 0.717) is 5.56 Å². The average molecular weight is 389 g/mol. The number of alkyl halides is 3. The summed E-state index contributed by atoms with van der Waals surface area (Å²) in [7, 11) is 0. The highest BCUT2D eigenvalue weighted by Gasteiger charge is 2.33. The highest BCUT2D eigenvalue weighted by atomic mass is 19.4. The molecule has 0 spiro atoms. The summed E-state index contributed by atoms with van der Waals surface area (Å²) in [5.74, 6) is -0.904. The molecule has 1 amide bonds. The Hall–Kier alpha value is -3.96. The van der Waals surface area contributed by atoms with Crippen molar-refractivity contribution in [3.63, 3.8) is 0 Å². The molecule has 0 saturated heterocycles. The largest absolute Gasteiger partial charge is 0.433 e. The second-order valence-electron chi connectivity index (χ2n) is 5.36. The zero-order chi connectivity index (χ0) is 20.3. The summed E-state index contributed by atoms with van der Waals surface area (Å²) in [4.78, 5) is 37.3. The third-order valence-electron chi connectivity index (χ3n) is 3.42. The third-order valence-corrected chi connectivity index (χ3v) is 3.42. The first-order valence-corrected chi connectivity index (χ1v) is 7.51. The first kappa shape index (κ1) is 18.8. The molecule has 28 heavy (non-hydrogen) atoms. The van der Waals surface area contributed by atoms with Crippen molar-refractivity contribution in [2.45, 2.75) is 6.18 Å². The number of aromatic nitrogens is 6. The van der Waals surface area contributed by atoms with Crippen molar-refractivity contribution in [2.75, 3.05) is 0 Å². The van der Waals surface area contributed by atoms with E-state index in [1.165, 1.54) is 24.9 Å². The minimum Gasteiger partial charge on any atom is -0.366 e. The summed E-state index contributed by atoms with van der Waals surface area (Å²) in [5, 5.41) is 4.00. The minimum atomic E-state index is -4.75. The molecule has 0 aliphatic carbocycles. The van der Waals surface area contributed by atoms with Gasteiger partial charge in [-0.1, -0.05) is 0 Å². The van der Waals surface area contributed by atoms with Crippen LogP contribution in [0.25, 0.3) is 23.2 Å². The van der Waals surface area contributed by atoms with Crippen LogP contribution in [0.5, 0.6) is 0 Å². The predicted molar refractivity (Wildman–Crippen MR) is 89.0 cm³/mol. The van der Waals surface area contributed by atoms with Crippen LogP contribution in [0.4, 0.5) is 13.2 Å². The summed E-state index contributed by atoms with van der Waals surface area (Å²) in [6.45, 7) is 0. The van der Waals surface area contributed by atoms with E-state index in [0.717, 1.165) is 23.1 Å². The van der Waals surface area contributed by atoms with Crippen LogP contribution in [0, 0.1) is 0 Å². The monoisotopic (exact) mass is 389 g/mol. The summed E-state index contributed by atoms with van der Waals surface area (Å²) in [5.41, 5.74) is 3.93. The molecule has 3 heterocycles. The van der Waals surface area contributed by atoms with Crippen molar-refractivity contribution in [2.24, 2.45) is 5.73 Å². The smallest absolute Gasteiger partial charge is 0.366 e. The van der Waals surface area contributed by atoms with Gasteiger partial charge < -0.3 is 5.73 Å². The van der Waals surface area contributed by atoms with Crippen LogP contribution >= 0.6 is 0 Å². The van der Waals surface area contributed by atoms with Gasteiger partial charge in [-0.25, -0.2) is 24.6 Å². The van der Waals surface area contributed by atoms with Crippen LogP contribution in [0.15, 0.2) is 37.2 Å². The normalized spacial score (nSPS) is 12.0. The molecule has 0 aliphatic rings. The molecule has 12 heteroatoms. The highest BCUT2D eigenvalue weighted by molar-refractivity contribution is 6.22. The summed E-state index contributed by atoms with van der Waals surface area (Å²) >= 11 is 0. The van der Waals surface area contributed by atoms with Crippen molar-refractivity contribution < 1.29 is 22.8 Å². The minimum absolute atomic E-state index is 0.0105. The molecule has 0 aliphatic heterocycles. The fourth-order valence-electron chi connectivity index (χ4n) is 2.21. The van der Waals surface area contributed by atoms with Gasteiger partial charge >= 0.3 is 6.18 Å². The highest BCUT2D eigenvalue weighted by Crippen LogP contribution is 2.30. The molecular formula is C16H10F3N7O2. The van der Waals surface area contributed by atoms with E-state index in [4.69, 9.17) is 5.73 Å². The molecular weight excluding hydrogens is 379 g/mol. The van der Waals surface area contributed by atoms with Crippen molar-refractivity contribution in [3.8, 4) is 11.4 Å². The van der Waals surface area contributed by atoms with Gasteiger partial charge in [-0.2, -0.15) is 13.2 Å². The molecule has 3 aromatic rings. The Morgan fingerprint density at radius 3 is 2.50 bits per heavy atom. The average Bonchev–Trinajstić information content (AvgIpc) is 3.14. The van der Waals surface area contributed by atoms with E-state index >= 15 is 0 Å². The lowest BCUT2D eigenvalue weighted by Gasteiger charge is -2.07. The van der Waals surface area contributed by atoms with E-state index in [2.05, 4.69) is 25.0 Å². The van der Waals surface area contributed by atoms with Gasteiger partial charge in [-0.15, -0.1) is 5.10 Å². The number of hydrogen-bond acceptors (Lipinski definition) is 7. The number of rotatable bonds is 5. The van der Waals surface area contributed by atoms with Crippen molar-refractivity contribution in [3.05, 3.63) is 54.1 Å². The number of carbonyl (C=O) groups is 2. The molecule has 142 valence electrons. The number of primary amides is 1. The lowest BCUT2D eigenvalue weighted by molar-refractivity contribution is -0.141. The maximum atomic E-state index is 13.0. The Balaban J connectivity index is 2.03. The standard InChI is InChI=1S/C16H10F3N7O2/c17-16(18,19)13-2-9(1-11(6-27)24-13)15-23-8-26(25-15)5-12(14(20)28)10-3-21-7-22-4-10/h1-8H,(H2,20,28)/b12-5+. The maximum absolute atomic E-state index is 13.0. The first-order chi connectivity index (χ1) is 13.3.